The van der Waals surface area contributed by atoms with E-state index < -0.39 is 237 Å². The summed E-state index contributed by atoms with van der Waals surface area (Å²) >= 11 is 0. The number of nitrogens with two attached hydrogens (primary N) is 6. The fourth-order valence-corrected chi connectivity index (χ4v) is 23.7. The van der Waals surface area contributed by atoms with Crippen LogP contribution in [0.1, 0.15) is 57.1 Å². The summed E-state index contributed by atoms with van der Waals surface area (Å²) in [5.41, 5.74) is 32.5. The van der Waals surface area contributed by atoms with Crippen LogP contribution >= 0.6 is 46.9 Å². The molecule has 11 fully saturated rings. The van der Waals surface area contributed by atoms with Crippen molar-refractivity contribution in [3.8, 4) is 0 Å². The van der Waals surface area contributed by atoms with Gasteiger partial charge in [0.25, 0.3) is 16.7 Å². The molecule has 0 spiro atoms. The third kappa shape index (κ3) is 16.7. The number of imidazole rings is 6. The average molecular weight is 2010 g/mol. The van der Waals surface area contributed by atoms with Crippen LogP contribution in [0.15, 0.2) is 89.1 Å². The smallest absolute Gasteiger partial charge is 0.397 e. The number of aromatic amines is 3. The molecule has 0 aromatic carbocycles. The first-order valence-electron chi connectivity index (χ1n) is 40.3. The number of nitrogens with zero attached hydrogens (tertiary/aromatic N) is 18. The van der Waals surface area contributed by atoms with Gasteiger partial charge in [0.15, 0.2) is 87.7 Å². The lowest BCUT2D eigenvalue weighted by Crippen LogP contribution is -2.45. The van der Waals surface area contributed by atoms with Crippen molar-refractivity contribution in [3.05, 3.63) is 106 Å². The van der Waals surface area contributed by atoms with E-state index in [1.54, 1.807) is 29.7 Å². The number of rotatable bonds is 6. The average Bonchev–Trinajstić information content (AvgIpc) is 1.56. The van der Waals surface area contributed by atoms with Gasteiger partial charge in [-0.15, -0.1) is 0 Å². The molecule has 10 bridgehead atoms. The molecule has 12 aromatic heterocycles. The number of H-pyrrole nitrogens is 3. The molecule has 0 saturated carbocycles. The normalized spacial score (nSPS) is 38.3. The second-order valence-corrected chi connectivity index (χ2v) is 40.9. The fraction of sp³-hybridized carbons (Fsp3) is 0.500. The van der Waals surface area contributed by atoms with E-state index in [-0.39, 0.29) is 77.4 Å². The zero-order chi connectivity index (χ0) is 94.4. The second kappa shape index (κ2) is 33.7. The van der Waals surface area contributed by atoms with Crippen LogP contribution in [-0.2, 0) is 120 Å². The number of anilines is 6. The Morgan fingerprint density at radius 1 is 0.370 bits per heavy atom. The minimum atomic E-state index is -5.18. The Bertz CT molecular complexity index is 7230. The minimum Gasteiger partial charge on any atom is -0.397 e. The maximum Gasteiger partial charge on any atom is 0.472 e. The summed E-state index contributed by atoms with van der Waals surface area (Å²) in [7, 11) is -29.5. The Morgan fingerprint density at radius 2 is 0.704 bits per heavy atom. The summed E-state index contributed by atoms with van der Waals surface area (Å²) in [6.45, 7) is -2.72. The number of phosphoric ester groups is 6. The predicted octanol–water partition coefficient (Wildman–Crippen LogP) is -0.0825. The van der Waals surface area contributed by atoms with E-state index in [2.05, 4.69) is 74.8 Å². The Balaban J connectivity index is 0.000000121. The van der Waals surface area contributed by atoms with Crippen molar-refractivity contribution >= 4 is 149 Å². The number of hydrogen-bond acceptors (Lipinski definition) is 47. The Morgan fingerprint density at radius 3 is 1.13 bits per heavy atom. The molecule has 135 heavy (non-hydrogen) atoms. The van der Waals surface area contributed by atoms with Crippen molar-refractivity contribution in [3.63, 3.8) is 0 Å². The fourth-order valence-electron chi connectivity index (χ4n) is 17.7. The van der Waals surface area contributed by atoms with Gasteiger partial charge < -0.3 is 102 Å². The molecule has 69 heteroatoms. The third-order valence-electron chi connectivity index (χ3n) is 23.8. The van der Waals surface area contributed by atoms with Gasteiger partial charge in [0.05, 0.1) is 120 Å². The number of nitrogen functional groups attached to an aromatic ring is 6. The summed E-state index contributed by atoms with van der Waals surface area (Å²) in [6, 6.07) is 4.71. The highest BCUT2D eigenvalue weighted by Gasteiger charge is 2.69. The number of halogens is 1. The van der Waals surface area contributed by atoms with E-state index in [9.17, 15) is 71.1 Å². The number of ether oxygens (including phenoxy) is 8. The van der Waals surface area contributed by atoms with E-state index in [0.717, 1.165) is 10.9 Å². The van der Waals surface area contributed by atoms with E-state index in [1.165, 1.54) is 68.5 Å². The molecule has 21 N–H and O–H groups in total. The molecule has 23 heterocycles. The van der Waals surface area contributed by atoms with Crippen molar-refractivity contribution in [1.82, 2.24) is 102 Å². The molecule has 722 valence electrons. The van der Waals surface area contributed by atoms with E-state index in [0.29, 0.717) is 50.6 Å². The zero-order valence-electron chi connectivity index (χ0n) is 68.6. The standard InChI is InChI=1S/C22H24FN9O12P2.C22H25N9O12P2.C22H27N9O11P2/c23-10-9-3-39-45(34,35)44-15-14-20(31-6-27-11-8(24)1-2-26-16(11)31)42-22(15,4-38-14)5-40-46(36,37)43-13(10)19(41-9)32-7-28-12-17(32)29-21(25)30-18(12)33;23-10-1-2-25-16-12(10)26-7-30(16)20-14-15-22(41-20,5-37-14)6-39-45(35,36)42-11-3-9(4-38-44(33,34)43-15)40-19(11)31-8-27-13-17(31)28-21(24)29-18(13)32;1-9-16-13(40-20(9)30-7-26-14-11(23)2-3-25-17(14)30)6-38-43(33,34)41-12-4-10(5-37-44(35,36)42-16)39-21(12)31-8-27-15-18(31)28-22(24)29-19(15)32/h1-2,6-7,9-10,13-15,19-20H,3-5H2,(H2,24,26)(H,34,35)(H,36,37)(H3,25,29,30,33);1-2,7-9,11,14-15,19-20H,3-6H2,(H2,23,25)(H,33,34)(H,35,36)(H3,24,28,29,32);2-3,7-10,12-13,16,20-21H,4-6H2,1H3,(H2,23,25)(H,33,34)(H,35,36)(H3,24,28,29,32)/t9-,10-,13-,14-,15+,19-,20-,22-;9-,11?,14?,15+,19+,20+,22+;9-,10-,12+,13+,16-,20+,21+/m100/s1. The Kier molecular flexibility index (Phi) is 22.8. The first kappa shape index (κ1) is 91.4. The van der Waals surface area contributed by atoms with E-state index in [4.69, 9.17) is 127 Å². The molecule has 12 aromatic rings. The molecule has 62 nitrogen and oxygen atoms in total. The van der Waals surface area contributed by atoms with Gasteiger partial charge in [0.2, 0.25) is 17.8 Å². The molecule has 8 unspecified atom stereocenters. The highest BCUT2D eigenvalue weighted by molar-refractivity contribution is 7.48. The van der Waals surface area contributed by atoms with Crippen LogP contribution < -0.4 is 51.1 Å². The molecule has 0 amide bonds. The number of aromatic nitrogens is 21. The summed E-state index contributed by atoms with van der Waals surface area (Å²) in [5, 5.41) is 0. The van der Waals surface area contributed by atoms with Gasteiger partial charge in [-0.2, -0.15) is 15.0 Å². The van der Waals surface area contributed by atoms with Gasteiger partial charge in [-0.1, -0.05) is 6.92 Å². The lowest BCUT2D eigenvalue weighted by atomic mass is 10.0. The monoisotopic (exact) mass is 2010 g/mol. The van der Waals surface area contributed by atoms with Crippen LogP contribution in [0, 0.1) is 5.92 Å². The second-order valence-electron chi connectivity index (χ2n) is 32.4. The quantitative estimate of drug-likeness (QED) is 0.0968. The van der Waals surface area contributed by atoms with Gasteiger partial charge in [-0.3, -0.25) is 111 Å². The number of nitrogens with one attached hydrogen (secondary N) is 3. The zero-order valence-corrected chi connectivity index (χ0v) is 74.0. The van der Waals surface area contributed by atoms with Crippen LogP contribution in [0.4, 0.5) is 39.3 Å². The van der Waals surface area contributed by atoms with Crippen molar-refractivity contribution < 1.29 is 153 Å². The molecule has 28 atom stereocenters. The molecule has 23 rings (SSSR count). The largest absolute Gasteiger partial charge is 0.472 e. The Hall–Kier alpha value is -10.0. The third-order valence-corrected chi connectivity index (χ3v) is 29.7. The molecule has 11 aliphatic heterocycles. The summed E-state index contributed by atoms with van der Waals surface area (Å²) in [6.07, 6.45) is -12.1. The SMILES string of the molecule is C[C@H]1[C@@H]2OP(=O)(O)OC[C@@H]3C[C@@H](OP(=O)(O)OC[C@H]2O[C@H]1n1cnc2c(N)ccnc21)[C@H](n1cnc2c(=O)[nH]c(N)nc21)O3.Nc1nc2c(ncn2[C@@H]2O[C@@H]3COP(=O)(O)O[C@@H]4C5OC[C@]4(COP(=O)(O)OC2C3)O[C@H]5n2cnc3c(N)ccnc32)c(=O)[nH]1.Nc1nc2c(ncn2[C@@H]2O[C@@H]3COP(=O)(O)O[C@H]4[C@H]5OC[C@]4(COP(=O)(O)O[C@@H]2[C@@H]3F)O[C@H]5n2cnc3c(N)ccnc32)c(=O)[nH]1. The van der Waals surface area contributed by atoms with E-state index in [1.807, 2.05) is 0 Å². The highest BCUT2D eigenvalue weighted by atomic mass is 31.2. The van der Waals surface area contributed by atoms with Crippen LogP contribution in [0.2, 0.25) is 0 Å². The molecular weight excluding hydrogens is 1940 g/mol. The minimum absolute atomic E-state index is 0.00642. The number of fused-ring (bicyclic) bond motifs is 13. The maximum absolute atomic E-state index is 15.8. The van der Waals surface area contributed by atoms with Gasteiger partial charge in [-0.25, -0.2) is 76.6 Å². The first-order chi connectivity index (χ1) is 64.2. The molecule has 0 aliphatic carbocycles. The van der Waals surface area contributed by atoms with Gasteiger partial charge >= 0.3 is 46.9 Å². The topological polar surface area (TPSA) is 847 Å². The van der Waals surface area contributed by atoms with Gasteiger partial charge in [-0.05, 0) is 18.2 Å². The van der Waals surface area contributed by atoms with Crippen molar-refractivity contribution in [2.45, 2.75) is 148 Å². The number of alkyl halides is 1. The molecule has 0 radical (unpaired) electrons. The van der Waals surface area contributed by atoms with Crippen molar-refractivity contribution in [1.29, 1.82) is 0 Å². The molecular formula is C66H76FN27O35P6. The van der Waals surface area contributed by atoms with Crippen LogP contribution in [0.3, 0.4) is 0 Å². The summed E-state index contributed by atoms with van der Waals surface area (Å²) in [5.74, 6) is -1.33. The van der Waals surface area contributed by atoms with Gasteiger partial charge in [0.1, 0.15) is 95.0 Å². The predicted molar refractivity (Wildman–Crippen MR) is 442 cm³/mol. The maximum atomic E-state index is 15.8. The number of pyridine rings is 3. The highest BCUT2D eigenvalue weighted by Crippen LogP contribution is 2.63. The Labute approximate surface area is 748 Å². The number of hydrogen-bond donors (Lipinski definition) is 15. The van der Waals surface area contributed by atoms with Crippen molar-refractivity contribution in [2.24, 2.45) is 5.92 Å². The van der Waals surface area contributed by atoms with Crippen molar-refractivity contribution in [2.75, 3.05) is 87.3 Å². The van der Waals surface area contributed by atoms with Gasteiger partial charge in [0, 0.05) is 37.4 Å². The summed E-state index contributed by atoms with van der Waals surface area (Å²) < 4.78 is 217. The lowest BCUT2D eigenvalue weighted by molar-refractivity contribution is -0.184. The van der Waals surface area contributed by atoms with Crippen LogP contribution in [0.5, 0.6) is 0 Å². The lowest BCUT2D eigenvalue weighted by Gasteiger charge is -2.32. The van der Waals surface area contributed by atoms with Crippen LogP contribution in [0.25, 0.3) is 67.0 Å². The van der Waals surface area contributed by atoms with Crippen LogP contribution in [-0.4, -0.2) is 275 Å². The molecule has 11 aliphatic rings. The number of phosphoric acid groups is 6. The summed E-state index contributed by atoms with van der Waals surface area (Å²) in [4.78, 5) is 158. The van der Waals surface area contributed by atoms with E-state index >= 15 is 4.39 Å². The first-order valence-corrected chi connectivity index (χ1v) is 49.3. The molecule has 11 saturated heterocycles.